The highest BCUT2D eigenvalue weighted by atomic mass is 32.2. The first-order chi connectivity index (χ1) is 12.2. The van der Waals surface area contributed by atoms with E-state index < -0.39 is 0 Å². The molecule has 0 amide bonds. The molecule has 3 heterocycles. The second-order valence-electron chi connectivity index (χ2n) is 5.92. The van der Waals surface area contributed by atoms with E-state index in [0.29, 0.717) is 24.6 Å². The predicted molar refractivity (Wildman–Crippen MR) is 97.8 cm³/mol. The van der Waals surface area contributed by atoms with Crippen LogP contribution in [0.2, 0.25) is 0 Å². The van der Waals surface area contributed by atoms with Crippen LogP contribution in [0.4, 0.5) is 0 Å². The Kier molecular flexibility index (Phi) is 4.36. The molecule has 6 heteroatoms. The van der Waals surface area contributed by atoms with Crippen molar-refractivity contribution in [3.05, 3.63) is 64.2 Å². The fraction of sp³-hybridized carbons (Fsp3) is 0.263. The molecule has 5 nitrogen and oxygen atoms in total. The van der Waals surface area contributed by atoms with Crippen molar-refractivity contribution in [2.24, 2.45) is 0 Å². The zero-order valence-electron chi connectivity index (χ0n) is 13.9. The Morgan fingerprint density at radius 3 is 2.88 bits per heavy atom. The smallest absolute Gasteiger partial charge is 0.258 e. The number of thioether (sulfide) groups is 1. The van der Waals surface area contributed by atoms with Crippen molar-refractivity contribution in [2.75, 3.05) is 13.2 Å². The van der Waals surface area contributed by atoms with Crippen LogP contribution in [0.5, 0.6) is 11.5 Å². The molecule has 0 aliphatic carbocycles. The molecule has 1 aliphatic heterocycles. The second kappa shape index (κ2) is 6.80. The Bertz CT molecular complexity index is 984. The van der Waals surface area contributed by atoms with Crippen molar-refractivity contribution in [1.29, 1.82) is 0 Å². The Morgan fingerprint density at radius 2 is 2.00 bits per heavy atom. The molecule has 25 heavy (non-hydrogen) atoms. The van der Waals surface area contributed by atoms with Crippen LogP contribution in [-0.4, -0.2) is 22.6 Å². The average molecular weight is 354 g/mol. The highest BCUT2D eigenvalue weighted by Crippen LogP contribution is 2.34. The lowest BCUT2D eigenvalue weighted by Gasteiger charge is -2.09. The normalized spacial score (nSPS) is 13.6. The molecule has 1 aromatic carbocycles. The van der Waals surface area contributed by atoms with Gasteiger partial charge >= 0.3 is 0 Å². The minimum absolute atomic E-state index is 0.0528. The maximum absolute atomic E-state index is 12.3. The van der Waals surface area contributed by atoms with Crippen LogP contribution in [0.1, 0.15) is 17.7 Å². The fourth-order valence-electron chi connectivity index (χ4n) is 2.77. The van der Waals surface area contributed by atoms with Gasteiger partial charge in [-0.3, -0.25) is 9.20 Å². The third kappa shape index (κ3) is 3.35. The summed E-state index contributed by atoms with van der Waals surface area (Å²) in [4.78, 5) is 18.0. The van der Waals surface area contributed by atoms with Crippen LogP contribution in [0.25, 0.3) is 5.65 Å². The van der Waals surface area contributed by atoms with E-state index in [1.807, 2.05) is 37.3 Å². The number of aromatic nitrogens is 2. The van der Waals surface area contributed by atoms with Crippen molar-refractivity contribution in [3.63, 3.8) is 0 Å². The third-order valence-corrected chi connectivity index (χ3v) is 5.07. The van der Waals surface area contributed by atoms with Crippen LogP contribution >= 0.6 is 11.8 Å². The number of ether oxygens (including phenoxy) is 2. The summed E-state index contributed by atoms with van der Waals surface area (Å²) in [5.41, 5.74) is 2.42. The molecule has 0 saturated carbocycles. The molecule has 0 saturated heterocycles. The third-order valence-electron chi connectivity index (χ3n) is 4.04. The van der Waals surface area contributed by atoms with Crippen LogP contribution in [-0.2, 0) is 5.75 Å². The number of fused-ring (bicyclic) bond motifs is 2. The number of rotatable bonds is 3. The Hall–Kier alpha value is -2.47. The van der Waals surface area contributed by atoms with Gasteiger partial charge < -0.3 is 9.47 Å². The molecule has 128 valence electrons. The molecule has 1 aliphatic rings. The van der Waals surface area contributed by atoms with Crippen LogP contribution in [0.3, 0.4) is 0 Å². The number of nitrogens with zero attached hydrogens (tertiary/aromatic N) is 2. The average Bonchev–Trinajstić information content (AvgIpc) is 2.86. The molecule has 0 bridgehead atoms. The van der Waals surface area contributed by atoms with Crippen LogP contribution in [0, 0.1) is 6.92 Å². The first-order valence-corrected chi connectivity index (χ1v) is 9.20. The van der Waals surface area contributed by atoms with E-state index in [0.717, 1.165) is 34.1 Å². The zero-order valence-corrected chi connectivity index (χ0v) is 14.7. The summed E-state index contributed by atoms with van der Waals surface area (Å²) in [7, 11) is 0. The zero-order chi connectivity index (χ0) is 17.2. The van der Waals surface area contributed by atoms with E-state index in [4.69, 9.17) is 9.47 Å². The summed E-state index contributed by atoms with van der Waals surface area (Å²) < 4.78 is 13.0. The van der Waals surface area contributed by atoms with E-state index in [1.54, 1.807) is 28.4 Å². The number of aryl methyl sites for hydroxylation is 1. The van der Waals surface area contributed by atoms with Crippen LogP contribution < -0.4 is 15.0 Å². The second-order valence-corrected chi connectivity index (χ2v) is 6.97. The maximum atomic E-state index is 12.3. The molecule has 0 spiro atoms. The van der Waals surface area contributed by atoms with E-state index in [9.17, 15) is 4.79 Å². The van der Waals surface area contributed by atoms with Gasteiger partial charge in [0.15, 0.2) is 11.5 Å². The molecular formula is C19H18N2O3S. The summed E-state index contributed by atoms with van der Waals surface area (Å²) in [6.07, 6.45) is 2.64. The quantitative estimate of drug-likeness (QED) is 0.674. The summed E-state index contributed by atoms with van der Waals surface area (Å²) in [5, 5.41) is 0. The molecule has 0 fully saturated rings. The molecule has 4 rings (SSSR count). The minimum atomic E-state index is -0.0528. The first kappa shape index (κ1) is 16.0. The van der Waals surface area contributed by atoms with Crippen molar-refractivity contribution in [1.82, 2.24) is 9.38 Å². The van der Waals surface area contributed by atoms with E-state index in [1.165, 1.54) is 0 Å². The number of pyridine rings is 1. The number of hydrogen-bond acceptors (Lipinski definition) is 5. The van der Waals surface area contributed by atoms with E-state index in [-0.39, 0.29) is 5.56 Å². The number of benzene rings is 1. The van der Waals surface area contributed by atoms with Gasteiger partial charge in [0.2, 0.25) is 0 Å². The Balaban J connectivity index is 1.57. The van der Waals surface area contributed by atoms with Gasteiger partial charge in [0.25, 0.3) is 5.56 Å². The van der Waals surface area contributed by atoms with E-state index in [2.05, 4.69) is 4.98 Å². The van der Waals surface area contributed by atoms with Gasteiger partial charge in [0, 0.05) is 29.3 Å². The van der Waals surface area contributed by atoms with Gasteiger partial charge in [-0.05, 0) is 36.8 Å². The van der Waals surface area contributed by atoms with Gasteiger partial charge in [-0.2, -0.15) is 0 Å². The van der Waals surface area contributed by atoms with Gasteiger partial charge in [-0.1, -0.05) is 6.07 Å². The summed E-state index contributed by atoms with van der Waals surface area (Å²) >= 11 is 1.63. The largest absolute Gasteiger partial charge is 0.490 e. The Labute approximate surface area is 149 Å². The molecule has 3 aromatic rings. The minimum Gasteiger partial charge on any atom is -0.490 e. The van der Waals surface area contributed by atoms with Crippen molar-refractivity contribution in [3.8, 4) is 11.5 Å². The first-order valence-electron chi connectivity index (χ1n) is 8.21. The molecular weight excluding hydrogens is 336 g/mol. The predicted octanol–water partition coefficient (Wildman–Crippen LogP) is 3.46. The summed E-state index contributed by atoms with van der Waals surface area (Å²) in [6, 6.07) is 11.4. The fourth-order valence-corrected chi connectivity index (χ4v) is 3.59. The topological polar surface area (TPSA) is 52.8 Å². The van der Waals surface area contributed by atoms with Gasteiger partial charge in [0.1, 0.15) is 5.65 Å². The number of hydrogen-bond donors (Lipinski definition) is 0. The summed E-state index contributed by atoms with van der Waals surface area (Å²) in [5.74, 6) is 2.20. The SMILES string of the molecule is Cc1cccn2c(=O)cc(CSc3ccc4c(c3)OCCCO4)nc12. The van der Waals surface area contributed by atoms with Crippen molar-refractivity contribution >= 4 is 17.4 Å². The molecule has 0 unspecified atom stereocenters. The van der Waals surface area contributed by atoms with Crippen molar-refractivity contribution < 1.29 is 9.47 Å². The van der Waals surface area contributed by atoms with Crippen molar-refractivity contribution in [2.45, 2.75) is 24.0 Å². The standard InChI is InChI=1S/C19H18N2O3S/c1-13-4-2-7-21-18(22)10-14(20-19(13)21)12-25-15-5-6-16-17(11-15)24-9-3-8-23-16/h2,4-7,10-11H,3,8-9,12H2,1H3. The van der Waals surface area contributed by atoms with E-state index >= 15 is 0 Å². The maximum Gasteiger partial charge on any atom is 0.258 e. The lowest BCUT2D eigenvalue weighted by molar-refractivity contribution is 0.297. The van der Waals surface area contributed by atoms with Gasteiger partial charge in [-0.15, -0.1) is 11.8 Å². The highest BCUT2D eigenvalue weighted by Gasteiger charge is 2.11. The molecule has 0 N–H and O–H groups in total. The molecule has 0 radical (unpaired) electrons. The lowest BCUT2D eigenvalue weighted by Crippen LogP contribution is -2.15. The highest BCUT2D eigenvalue weighted by molar-refractivity contribution is 7.98. The monoisotopic (exact) mass is 354 g/mol. The summed E-state index contributed by atoms with van der Waals surface area (Å²) in [6.45, 7) is 3.32. The van der Waals surface area contributed by atoms with Gasteiger partial charge in [-0.25, -0.2) is 4.98 Å². The lowest BCUT2D eigenvalue weighted by atomic mass is 10.3. The van der Waals surface area contributed by atoms with Gasteiger partial charge in [0.05, 0.1) is 18.9 Å². The molecule has 2 aromatic heterocycles. The molecule has 0 atom stereocenters. The van der Waals surface area contributed by atoms with Crippen LogP contribution in [0.15, 0.2) is 52.3 Å². The Morgan fingerprint density at radius 1 is 1.16 bits per heavy atom.